The SMILES string of the molecule is CC(O)Cn1c(=O)oc2cc(N)ccc21. The second-order valence-corrected chi connectivity index (χ2v) is 3.55. The van der Waals surface area contributed by atoms with Gasteiger partial charge in [-0.3, -0.25) is 4.57 Å². The maximum absolute atomic E-state index is 11.4. The second kappa shape index (κ2) is 3.43. The third-order valence-electron chi connectivity index (χ3n) is 2.14. The van der Waals surface area contributed by atoms with E-state index >= 15 is 0 Å². The molecule has 0 fully saturated rings. The first-order chi connectivity index (χ1) is 7.08. The summed E-state index contributed by atoms with van der Waals surface area (Å²) in [7, 11) is 0. The lowest BCUT2D eigenvalue weighted by Gasteiger charge is -2.04. The van der Waals surface area contributed by atoms with Crippen LogP contribution in [0.15, 0.2) is 27.4 Å². The normalized spacial score (nSPS) is 13.2. The van der Waals surface area contributed by atoms with Crippen LogP contribution in [0.25, 0.3) is 11.1 Å². The van der Waals surface area contributed by atoms with Crippen LogP contribution in [-0.4, -0.2) is 15.8 Å². The number of oxazole rings is 1. The van der Waals surface area contributed by atoms with Gasteiger partial charge >= 0.3 is 5.76 Å². The van der Waals surface area contributed by atoms with E-state index < -0.39 is 11.9 Å². The highest BCUT2D eigenvalue weighted by Gasteiger charge is 2.10. The minimum absolute atomic E-state index is 0.218. The molecular weight excluding hydrogens is 196 g/mol. The van der Waals surface area contributed by atoms with Gasteiger partial charge in [0.25, 0.3) is 0 Å². The minimum Gasteiger partial charge on any atom is -0.408 e. The summed E-state index contributed by atoms with van der Waals surface area (Å²) in [5.74, 6) is -0.475. The van der Waals surface area contributed by atoms with Crippen LogP contribution < -0.4 is 11.5 Å². The molecule has 2 rings (SSSR count). The highest BCUT2D eigenvalue weighted by atomic mass is 16.4. The molecule has 0 saturated carbocycles. The Morgan fingerprint density at radius 3 is 3.00 bits per heavy atom. The van der Waals surface area contributed by atoms with Crippen molar-refractivity contribution < 1.29 is 9.52 Å². The number of nitrogens with zero attached hydrogens (tertiary/aromatic N) is 1. The van der Waals surface area contributed by atoms with E-state index in [0.717, 1.165) is 0 Å². The molecule has 15 heavy (non-hydrogen) atoms. The van der Waals surface area contributed by atoms with Crippen LogP contribution in [0, 0.1) is 0 Å². The van der Waals surface area contributed by atoms with Gasteiger partial charge in [0.2, 0.25) is 0 Å². The van der Waals surface area contributed by atoms with Crippen molar-refractivity contribution in [3.63, 3.8) is 0 Å². The molecule has 0 aliphatic rings. The van der Waals surface area contributed by atoms with E-state index in [0.29, 0.717) is 16.8 Å². The van der Waals surface area contributed by atoms with Crippen molar-refractivity contribution >= 4 is 16.8 Å². The van der Waals surface area contributed by atoms with Crippen molar-refractivity contribution in [1.29, 1.82) is 0 Å². The van der Waals surface area contributed by atoms with Gasteiger partial charge in [-0.1, -0.05) is 0 Å². The molecule has 0 bridgehead atoms. The Kier molecular flexibility index (Phi) is 2.24. The number of aromatic nitrogens is 1. The van der Waals surface area contributed by atoms with E-state index in [2.05, 4.69) is 0 Å². The zero-order valence-corrected chi connectivity index (χ0v) is 8.30. The molecule has 3 N–H and O–H groups in total. The lowest BCUT2D eigenvalue weighted by atomic mass is 10.3. The van der Waals surface area contributed by atoms with Crippen LogP contribution in [0.1, 0.15) is 6.92 Å². The monoisotopic (exact) mass is 208 g/mol. The van der Waals surface area contributed by atoms with Gasteiger partial charge in [-0.25, -0.2) is 4.79 Å². The van der Waals surface area contributed by atoms with Gasteiger partial charge in [0.05, 0.1) is 18.2 Å². The van der Waals surface area contributed by atoms with E-state index in [9.17, 15) is 9.90 Å². The topological polar surface area (TPSA) is 81.4 Å². The minimum atomic E-state index is -0.596. The summed E-state index contributed by atoms with van der Waals surface area (Å²) in [5.41, 5.74) is 7.20. The summed E-state index contributed by atoms with van der Waals surface area (Å²) in [6.45, 7) is 1.83. The van der Waals surface area contributed by atoms with Crippen LogP contribution >= 0.6 is 0 Å². The molecule has 80 valence electrons. The van der Waals surface area contributed by atoms with Crippen LogP contribution in [0.3, 0.4) is 0 Å². The van der Waals surface area contributed by atoms with Crippen molar-refractivity contribution in [2.24, 2.45) is 0 Å². The van der Waals surface area contributed by atoms with Gasteiger partial charge in [0.15, 0.2) is 5.58 Å². The van der Waals surface area contributed by atoms with Crippen LogP contribution in [-0.2, 0) is 6.54 Å². The number of hydrogen-bond acceptors (Lipinski definition) is 4. The lowest BCUT2D eigenvalue weighted by Crippen LogP contribution is -2.21. The molecule has 0 aliphatic carbocycles. The van der Waals surface area contributed by atoms with E-state index in [-0.39, 0.29) is 6.54 Å². The molecule has 2 aromatic rings. The zero-order valence-electron chi connectivity index (χ0n) is 8.30. The van der Waals surface area contributed by atoms with Gasteiger partial charge in [-0.2, -0.15) is 0 Å². The van der Waals surface area contributed by atoms with Crippen molar-refractivity contribution in [3.8, 4) is 0 Å². The first-order valence-corrected chi connectivity index (χ1v) is 4.65. The van der Waals surface area contributed by atoms with Gasteiger partial charge in [-0.05, 0) is 19.1 Å². The van der Waals surface area contributed by atoms with E-state index in [1.54, 1.807) is 25.1 Å². The molecule has 0 aliphatic heterocycles. The van der Waals surface area contributed by atoms with E-state index in [1.807, 2.05) is 0 Å². The maximum atomic E-state index is 11.4. The summed E-state index contributed by atoms with van der Waals surface area (Å²) in [6.07, 6.45) is -0.596. The molecule has 1 aromatic carbocycles. The number of anilines is 1. The molecular formula is C10H12N2O3. The zero-order chi connectivity index (χ0) is 11.0. The molecule has 0 amide bonds. The number of benzene rings is 1. The number of hydrogen-bond donors (Lipinski definition) is 2. The van der Waals surface area contributed by atoms with Gasteiger partial charge in [0.1, 0.15) is 0 Å². The number of nitrogens with two attached hydrogens (primary N) is 1. The van der Waals surface area contributed by atoms with Crippen molar-refractivity contribution in [1.82, 2.24) is 4.57 Å². The van der Waals surface area contributed by atoms with Crippen molar-refractivity contribution in [3.05, 3.63) is 28.7 Å². The predicted octanol–water partition coefficient (Wildman–Crippen LogP) is 0.557. The molecule has 1 aromatic heterocycles. The maximum Gasteiger partial charge on any atom is 0.420 e. The molecule has 1 heterocycles. The summed E-state index contributed by atoms with van der Waals surface area (Å²) < 4.78 is 6.39. The Hall–Kier alpha value is -1.75. The molecule has 1 unspecified atom stereocenters. The average Bonchev–Trinajstić information content (AvgIpc) is 2.41. The summed E-state index contributed by atoms with van der Waals surface area (Å²) in [4.78, 5) is 11.4. The quantitative estimate of drug-likeness (QED) is 0.706. The Morgan fingerprint density at radius 2 is 2.33 bits per heavy atom. The number of rotatable bonds is 2. The summed E-state index contributed by atoms with van der Waals surface area (Å²) in [5, 5.41) is 9.24. The molecule has 5 nitrogen and oxygen atoms in total. The van der Waals surface area contributed by atoms with Crippen LogP contribution in [0.4, 0.5) is 5.69 Å². The Labute approximate surface area is 85.7 Å². The Morgan fingerprint density at radius 1 is 1.60 bits per heavy atom. The fourth-order valence-electron chi connectivity index (χ4n) is 1.52. The fraction of sp³-hybridized carbons (Fsp3) is 0.300. The molecule has 1 atom stereocenters. The highest BCUT2D eigenvalue weighted by Crippen LogP contribution is 2.16. The Bertz CT molecular complexity index is 539. The fourth-order valence-corrected chi connectivity index (χ4v) is 1.52. The second-order valence-electron chi connectivity index (χ2n) is 3.55. The Balaban J connectivity index is 2.63. The standard InChI is InChI=1S/C10H12N2O3/c1-6(13)5-12-8-3-2-7(11)4-9(8)15-10(12)14/h2-4,6,13H,5,11H2,1H3. The van der Waals surface area contributed by atoms with Gasteiger partial charge < -0.3 is 15.3 Å². The highest BCUT2D eigenvalue weighted by molar-refractivity contribution is 5.76. The molecule has 0 radical (unpaired) electrons. The van der Waals surface area contributed by atoms with Crippen LogP contribution in [0.2, 0.25) is 0 Å². The van der Waals surface area contributed by atoms with Crippen LogP contribution in [0.5, 0.6) is 0 Å². The van der Waals surface area contributed by atoms with E-state index in [1.165, 1.54) is 4.57 Å². The number of nitrogen functional groups attached to an aromatic ring is 1. The number of fused-ring (bicyclic) bond motifs is 1. The van der Waals surface area contributed by atoms with E-state index in [4.69, 9.17) is 10.2 Å². The molecule has 5 heteroatoms. The van der Waals surface area contributed by atoms with Gasteiger partial charge in [-0.15, -0.1) is 0 Å². The molecule has 0 saturated heterocycles. The number of aliphatic hydroxyl groups excluding tert-OH is 1. The molecule has 0 spiro atoms. The summed E-state index contributed by atoms with van der Waals surface area (Å²) in [6, 6.07) is 4.99. The van der Waals surface area contributed by atoms with Gasteiger partial charge in [0, 0.05) is 11.8 Å². The predicted molar refractivity (Wildman–Crippen MR) is 56.6 cm³/mol. The van der Waals surface area contributed by atoms with Crippen molar-refractivity contribution in [2.45, 2.75) is 19.6 Å². The third kappa shape index (κ3) is 1.73. The third-order valence-corrected chi connectivity index (χ3v) is 2.14. The number of aliphatic hydroxyl groups is 1. The lowest BCUT2D eigenvalue weighted by molar-refractivity contribution is 0.171. The van der Waals surface area contributed by atoms with Crippen molar-refractivity contribution in [2.75, 3.05) is 5.73 Å². The largest absolute Gasteiger partial charge is 0.420 e. The summed E-state index contributed by atoms with van der Waals surface area (Å²) >= 11 is 0. The first kappa shape index (κ1) is 9.79. The smallest absolute Gasteiger partial charge is 0.408 e. The average molecular weight is 208 g/mol. The first-order valence-electron chi connectivity index (χ1n) is 4.65.